The maximum atomic E-state index is 12.8. The van der Waals surface area contributed by atoms with E-state index in [2.05, 4.69) is 10.6 Å². The van der Waals surface area contributed by atoms with Gasteiger partial charge in [-0.05, 0) is 24.1 Å². The first kappa shape index (κ1) is 19.7. The van der Waals surface area contributed by atoms with Gasteiger partial charge < -0.3 is 16.0 Å². The van der Waals surface area contributed by atoms with Crippen LogP contribution in [0.2, 0.25) is 0 Å². The highest BCUT2D eigenvalue weighted by Crippen LogP contribution is 2.12. The lowest BCUT2D eigenvalue weighted by molar-refractivity contribution is -0.139. The maximum absolute atomic E-state index is 12.8. The molecule has 0 heterocycles. The van der Waals surface area contributed by atoms with E-state index in [9.17, 15) is 27.2 Å². The van der Waals surface area contributed by atoms with Gasteiger partial charge in [0.1, 0.15) is 18.4 Å². The molecule has 0 radical (unpaired) electrons. The van der Waals surface area contributed by atoms with Crippen LogP contribution in [0.1, 0.15) is 25.3 Å². The van der Waals surface area contributed by atoms with Gasteiger partial charge in [0, 0.05) is 6.54 Å². The summed E-state index contributed by atoms with van der Waals surface area (Å²) in [6, 6.07) is 3.67. The molecule has 1 aromatic carbocycles. The summed E-state index contributed by atoms with van der Waals surface area (Å²) in [7, 11) is 0. The van der Waals surface area contributed by atoms with E-state index in [1.807, 2.05) is 0 Å². The van der Waals surface area contributed by atoms with Gasteiger partial charge in [0.25, 0.3) is 0 Å². The van der Waals surface area contributed by atoms with E-state index in [1.54, 1.807) is 12.2 Å². The second-order valence-electron chi connectivity index (χ2n) is 5.13. The highest BCUT2D eigenvalue weighted by Gasteiger charge is 2.29. The topological polar surface area (TPSA) is 70.2 Å². The summed E-state index contributed by atoms with van der Waals surface area (Å²) >= 11 is 0. The average molecular weight is 349 g/mol. The van der Waals surface area contributed by atoms with Crippen LogP contribution in [0.4, 0.5) is 22.4 Å². The Bertz CT molecular complexity index is 547. The van der Waals surface area contributed by atoms with Crippen LogP contribution in [-0.2, 0) is 11.3 Å². The molecule has 0 aliphatic heterocycles. The molecule has 1 rings (SSSR count). The molecule has 9 heteroatoms. The molecule has 134 valence electrons. The van der Waals surface area contributed by atoms with E-state index in [-0.39, 0.29) is 13.0 Å². The third kappa shape index (κ3) is 7.80. The van der Waals surface area contributed by atoms with Crippen LogP contribution < -0.4 is 16.0 Å². The molecule has 0 fully saturated rings. The average Bonchev–Trinajstić information content (AvgIpc) is 2.51. The summed E-state index contributed by atoms with van der Waals surface area (Å²) < 4.78 is 49.1. The molecule has 3 N–H and O–H groups in total. The van der Waals surface area contributed by atoms with Crippen molar-refractivity contribution in [2.24, 2.45) is 0 Å². The van der Waals surface area contributed by atoms with E-state index in [4.69, 9.17) is 0 Å². The third-order valence-electron chi connectivity index (χ3n) is 3.03. The summed E-state index contributed by atoms with van der Waals surface area (Å²) in [6.45, 7) is 0.377. The number of alkyl halides is 3. The van der Waals surface area contributed by atoms with Gasteiger partial charge in [0.15, 0.2) is 0 Å². The smallest absolute Gasteiger partial charge is 0.345 e. The summed E-state index contributed by atoms with van der Waals surface area (Å²) in [5.41, 5.74) is 0.639. The predicted octanol–water partition coefficient (Wildman–Crippen LogP) is 2.47. The molecule has 24 heavy (non-hydrogen) atoms. The molecular formula is C15H19F4N3O2. The number of hydrogen-bond acceptors (Lipinski definition) is 2. The summed E-state index contributed by atoms with van der Waals surface area (Å²) in [4.78, 5) is 23.5. The van der Waals surface area contributed by atoms with Crippen LogP contribution in [0.5, 0.6) is 0 Å². The molecule has 0 spiro atoms. The Balaban J connectivity index is 2.49. The molecule has 0 aliphatic carbocycles. The van der Waals surface area contributed by atoms with Crippen LogP contribution in [0.25, 0.3) is 0 Å². The minimum atomic E-state index is -4.52. The van der Waals surface area contributed by atoms with Crippen LogP contribution >= 0.6 is 0 Å². The van der Waals surface area contributed by atoms with Crippen LogP contribution in [0.3, 0.4) is 0 Å². The van der Waals surface area contributed by atoms with Gasteiger partial charge in [-0.1, -0.05) is 25.5 Å². The van der Waals surface area contributed by atoms with Gasteiger partial charge in [-0.25, -0.2) is 9.18 Å². The molecule has 1 unspecified atom stereocenters. The number of rotatable bonds is 7. The molecule has 1 atom stereocenters. The van der Waals surface area contributed by atoms with Gasteiger partial charge in [-0.15, -0.1) is 0 Å². The zero-order chi connectivity index (χ0) is 18.2. The van der Waals surface area contributed by atoms with Gasteiger partial charge >= 0.3 is 12.2 Å². The van der Waals surface area contributed by atoms with Gasteiger partial charge in [-0.3, -0.25) is 4.79 Å². The molecule has 0 saturated heterocycles. The fourth-order valence-electron chi connectivity index (χ4n) is 1.86. The number of nitrogens with one attached hydrogen (secondary N) is 3. The lowest BCUT2D eigenvalue weighted by Crippen LogP contribution is -2.51. The quantitative estimate of drug-likeness (QED) is 0.662. The monoisotopic (exact) mass is 349 g/mol. The van der Waals surface area contributed by atoms with E-state index in [0.29, 0.717) is 12.0 Å². The van der Waals surface area contributed by atoms with Gasteiger partial charge in [-0.2, -0.15) is 13.2 Å². The molecule has 3 amide bonds. The summed E-state index contributed by atoms with van der Waals surface area (Å²) in [5, 5.41) is 6.54. The maximum Gasteiger partial charge on any atom is 0.405 e. The Morgan fingerprint density at radius 3 is 2.29 bits per heavy atom. The Morgan fingerprint density at radius 2 is 1.75 bits per heavy atom. The number of amides is 3. The van der Waals surface area contributed by atoms with Crippen molar-refractivity contribution in [1.29, 1.82) is 0 Å². The molecule has 0 bridgehead atoms. The highest BCUT2D eigenvalue weighted by atomic mass is 19.4. The number of hydrogen-bond donors (Lipinski definition) is 3. The highest BCUT2D eigenvalue weighted by molar-refractivity contribution is 5.87. The number of halogens is 4. The number of carbonyl (C=O) groups excluding carboxylic acids is 2. The molecular weight excluding hydrogens is 330 g/mol. The molecule has 5 nitrogen and oxygen atoms in total. The first-order valence-corrected chi connectivity index (χ1v) is 7.34. The largest absolute Gasteiger partial charge is 0.405 e. The van der Waals surface area contributed by atoms with Crippen molar-refractivity contribution in [2.45, 2.75) is 38.5 Å². The second kappa shape index (κ2) is 9.09. The standard InChI is InChI=1S/C15H19F4N3O2/c1-2-3-12(13(23)21-9-15(17,18)19)22-14(24)20-8-10-4-6-11(16)7-5-10/h4-7,12H,2-3,8-9H2,1H3,(H,21,23)(H2,20,22,24). The Morgan fingerprint density at radius 1 is 1.12 bits per heavy atom. The summed E-state index contributed by atoms with van der Waals surface area (Å²) in [5.74, 6) is -1.31. The second-order valence-corrected chi connectivity index (χ2v) is 5.13. The first-order valence-electron chi connectivity index (χ1n) is 7.34. The number of carbonyl (C=O) groups is 2. The molecule has 1 aromatic rings. The summed E-state index contributed by atoms with van der Waals surface area (Å²) in [6.07, 6.45) is -3.81. The fourth-order valence-corrected chi connectivity index (χ4v) is 1.86. The van der Waals surface area contributed by atoms with Gasteiger partial charge in [0.05, 0.1) is 0 Å². The molecule has 0 saturated carbocycles. The zero-order valence-corrected chi connectivity index (χ0v) is 13.0. The van der Waals surface area contributed by atoms with Crippen LogP contribution in [-0.4, -0.2) is 30.7 Å². The lowest BCUT2D eigenvalue weighted by Gasteiger charge is -2.19. The van der Waals surface area contributed by atoms with Gasteiger partial charge in [0.2, 0.25) is 5.91 Å². The SMILES string of the molecule is CCCC(NC(=O)NCc1ccc(F)cc1)C(=O)NCC(F)(F)F. The van der Waals surface area contributed by atoms with Crippen molar-refractivity contribution in [2.75, 3.05) is 6.54 Å². The Labute approximate surface area is 136 Å². The zero-order valence-electron chi connectivity index (χ0n) is 13.0. The van der Waals surface area contributed by atoms with E-state index >= 15 is 0 Å². The minimum absolute atomic E-state index is 0.0924. The minimum Gasteiger partial charge on any atom is -0.345 e. The Kier molecular flexibility index (Phi) is 7.47. The third-order valence-corrected chi connectivity index (χ3v) is 3.03. The van der Waals surface area contributed by atoms with E-state index in [0.717, 1.165) is 0 Å². The van der Waals surface area contributed by atoms with Crippen molar-refractivity contribution in [3.8, 4) is 0 Å². The normalized spacial score (nSPS) is 12.4. The number of urea groups is 1. The predicted molar refractivity (Wildman–Crippen MR) is 79.5 cm³/mol. The van der Waals surface area contributed by atoms with Crippen LogP contribution in [0.15, 0.2) is 24.3 Å². The lowest BCUT2D eigenvalue weighted by atomic mass is 10.1. The Hall–Kier alpha value is -2.32. The van der Waals surface area contributed by atoms with Crippen molar-refractivity contribution in [3.05, 3.63) is 35.6 Å². The molecule has 0 aromatic heterocycles. The van der Waals surface area contributed by atoms with Crippen molar-refractivity contribution < 1.29 is 27.2 Å². The van der Waals surface area contributed by atoms with E-state index in [1.165, 1.54) is 24.3 Å². The first-order chi connectivity index (χ1) is 11.2. The fraction of sp³-hybridized carbons (Fsp3) is 0.467. The van der Waals surface area contributed by atoms with Crippen molar-refractivity contribution in [1.82, 2.24) is 16.0 Å². The number of benzene rings is 1. The molecule has 0 aliphatic rings. The van der Waals surface area contributed by atoms with Crippen molar-refractivity contribution in [3.63, 3.8) is 0 Å². The van der Waals surface area contributed by atoms with Crippen molar-refractivity contribution >= 4 is 11.9 Å². The van der Waals surface area contributed by atoms with Crippen LogP contribution in [0, 0.1) is 5.82 Å². The van der Waals surface area contributed by atoms with E-state index < -0.39 is 36.5 Å².